The molecular weight excluding hydrogens is 274 g/mol. The molecule has 0 saturated heterocycles. The van der Waals surface area contributed by atoms with E-state index in [1.807, 2.05) is 0 Å². The van der Waals surface area contributed by atoms with Crippen LogP contribution in [0.15, 0.2) is 41.3 Å². The van der Waals surface area contributed by atoms with Crippen LogP contribution in [0.2, 0.25) is 0 Å². The first-order valence-electron chi connectivity index (χ1n) is 6.24. The number of benzene rings is 2. The maximum absolute atomic E-state index is 12.1. The molecule has 0 aliphatic heterocycles. The van der Waals surface area contributed by atoms with Gasteiger partial charge in [-0.05, 0) is 32.4 Å². The molecule has 2 rings (SSSR count). The van der Waals surface area contributed by atoms with E-state index in [1.54, 1.807) is 44.2 Å². The fraction of sp³-hybridized carbons (Fsp3) is 0.200. The van der Waals surface area contributed by atoms with E-state index in [1.165, 1.54) is 13.0 Å². The van der Waals surface area contributed by atoms with Crippen LogP contribution in [0.25, 0.3) is 10.8 Å². The molecule has 106 valence electrons. The van der Waals surface area contributed by atoms with Crippen molar-refractivity contribution in [3.05, 3.63) is 46.9 Å². The average molecular weight is 291 g/mol. The molecule has 0 aromatic heterocycles. The van der Waals surface area contributed by atoms with Gasteiger partial charge in [0.25, 0.3) is 10.0 Å². The van der Waals surface area contributed by atoms with Gasteiger partial charge in [-0.15, -0.1) is 0 Å². The summed E-state index contributed by atoms with van der Waals surface area (Å²) in [6.45, 7) is 4.95. The molecule has 0 unspecified atom stereocenters. The summed E-state index contributed by atoms with van der Waals surface area (Å²) in [6.07, 6.45) is 1.54. The van der Waals surface area contributed by atoms with Gasteiger partial charge in [-0.25, -0.2) is 8.42 Å². The zero-order valence-corrected chi connectivity index (χ0v) is 12.5. The molecule has 0 heterocycles. The highest BCUT2D eigenvalue weighted by Crippen LogP contribution is 2.34. The summed E-state index contributed by atoms with van der Waals surface area (Å²) < 4.78 is 26.8. The van der Waals surface area contributed by atoms with E-state index in [4.69, 9.17) is 0 Å². The lowest BCUT2D eigenvalue weighted by molar-refractivity contribution is 0.477. The molecule has 0 aliphatic carbocycles. The van der Waals surface area contributed by atoms with Crippen molar-refractivity contribution in [3.63, 3.8) is 0 Å². The average Bonchev–Trinajstić information content (AvgIpc) is 2.43. The van der Waals surface area contributed by atoms with E-state index in [0.717, 1.165) is 0 Å². The van der Waals surface area contributed by atoms with E-state index in [0.29, 0.717) is 22.0 Å². The number of fused-ring (bicyclic) bond motifs is 1. The third-order valence-electron chi connectivity index (χ3n) is 3.28. The predicted octanol–water partition coefficient (Wildman–Crippen LogP) is 3.52. The first kappa shape index (κ1) is 14.4. The SMILES string of the molecule is CC=C(C)S(=O)(=O)Nc1cc(C)c(O)c2ccccc12. The van der Waals surface area contributed by atoms with Gasteiger partial charge in [-0.3, -0.25) is 4.72 Å². The van der Waals surface area contributed by atoms with Crippen LogP contribution < -0.4 is 4.72 Å². The Labute approximate surface area is 118 Å². The summed E-state index contributed by atoms with van der Waals surface area (Å²) in [5, 5.41) is 11.3. The lowest BCUT2D eigenvalue weighted by Crippen LogP contribution is -2.13. The molecule has 0 fully saturated rings. The van der Waals surface area contributed by atoms with Crippen LogP contribution in [0, 0.1) is 6.92 Å². The van der Waals surface area contributed by atoms with E-state index >= 15 is 0 Å². The maximum Gasteiger partial charge on any atom is 0.257 e. The van der Waals surface area contributed by atoms with E-state index < -0.39 is 10.0 Å². The van der Waals surface area contributed by atoms with Gasteiger partial charge in [-0.2, -0.15) is 0 Å². The van der Waals surface area contributed by atoms with Gasteiger partial charge in [0.15, 0.2) is 0 Å². The first-order chi connectivity index (χ1) is 9.36. The summed E-state index contributed by atoms with van der Waals surface area (Å²) in [7, 11) is -3.55. The van der Waals surface area contributed by atoms with Crippen molar-refractivity contribution < 1.29 is 13.5 Å². The van der Waals surface area contributed by atoms with Crippen molar-refractivity contribution in [3.8, 4) is 5.75 Å². The fourth-order valence-corrected chi connectivity index (χ4v) is 2.89. The molecular formula is C15H17NO3S. The monoisotopic (exact) mass is 291 g/mol. The molecule has 20 heavy (non-hydrogen) atoms. The second-order valence-corrected chi connectivity index (χ2v) is 6.49. The number of allylic oxidation sites excluding steroid dienone is 2. The van der Waals surface area contributed by atoms with Crippen molar-refractivity contribution in [1.29, 1.82) is 0 Å². The lowest BCUT2D eigenvalue weighted by atomic mass is 10.0. The van der Waals surface area contributed by atoms with Crippen LogP contribution >= 0.6 is 0 Å². The minimum atomic E-state index is -3.55. The molecule has 4 nitrogen and oxygen atoms in total. The number of hydrogen-bond donors (Lipinski definition) is 2. The van der Waals surface area contributed by atoms with Crippen molar-refractivity contribution >= 4 is 26.5 Å². The number of anilines is 1. The minimum absolute atomic E-state index is 0.173. The van der Waals surface area contributed by atoms with Crippen LogP contribution in [-0.2, 0) is 10.0 Å². The largest absolute Gasteiger partial charge is 0.507 e. The Hall–Kier alpha value is -2.01. The van der Waals surface area contributed by atoms with Gasteiger partial charge in [-0.1, -0.05) is 30.3 Å². The molecule has 0 atom stereocenters. The van der Waals surface area contributed by atoms with Crippen molar-refractivity contribution in [2.24, 2.45) is 0 Å². The second-order valence-electron chi connectivity index (χ2n) is 4.64. The first-order valence-corrected chi connectivity index (χ1v) is 7.72. The minimum Gasteiger partial charge on any atom is -0.507 e. The molecule has 5 heteroatoms. The Bertz CT molecular complexity index is 792. The van der Waals surface area contributed by atoms with E-state index in [2.05, 4.69) is 4.72 Å². The third kappa shape index (κ3) is 2.49. The molecule has 2 aromatic rings. The van der Waals surface area contributed by atoms with Gasteiger partial charge in [0, 0.05) is 10.8 Å². The number of sulfonamides is 1. The number of rotatable bonds is 3. The smallest absolute Gasteiger partial charge is 0.257 e. The van der Waals surface area contributed by atoms with Gasteiger partial charge in [0.1, 0.15) is 5.75 Å². The summed E-state index contributed by atoms with van der Waals surface area (Å²) >= 11 is 0. The number of phenols is 1. The summed E-state index contributed by atoms with van der Waals surface area (Å²) in [4.78, 5) is 0.257. The van der Waals surface area contributed by atoms with Crippen molar-refractivity contribution in [2.75, 3.05) is 4.72 Å². The zero-order valence-electron chi connectivity index (χ0n) is 11.6. The molecule has 0 amide bonds. The Morgan fingerprint density at radius 2 is 1.85 bits per heavy atom. The normalized spacial score (nSPS) is 12.7. The van der Waals surface area contributed by atoms with Crippen LogP contribution in [-0.4, -0.2) is 13.5 Å². The lowest BCUT2D eigenvalue weighted by Gasteiger charge is -2.13. The topological polar surface area (TPSA) is 66.4 Å². The Morgan fingerprint density at radius 1 is 1.25 bits per heavy atom. The standard InChI is InChI=1S/C15H17NO3S/c1-4-11(3)20(18,19)16-14-9-10(2)15(17)13-8-6-5-7-12(13)14/h4-9,16-17H,1-3H3. The van der Waals surface area contributed by atoms with Crippen LogP contribution in [0.3, 0.4) is 0 Å². The highest BCUT2D eigenvalue weighted by atomic mass is 32.2. The van der Waals surface area contributed by atoms with E-state index in [9.17, 15) is 13.5 Å². The number of hydrogen-bond acceptors (Lipinski definition) is 3. The molecule has 2 aromatic carbocycles. The summed E-state index contributed by atoms with van der Waals surface area (Å²) in [5.74, 6) is 0.173. The third-order valence-corrected chi connectivity index (χ3v) is 4.85. The molecule has 2 N–H and O–H groups in total. The maximum atomic E-state index is 12.1. The van der Waals surface area contributed by atoms with Gasteiger partial charge in [0.05, 0.1) is 10.6 Å². The Kier molecular flexibility index (Phi) is 3.72. The van der Waals surface area contributed by atoms with Crippen LogP contribution in [0.5, 0.6) is 5.75 Å². The molecule has 0 bridgehead atoms. The molecule has 0 aliphatic rings. The molecule has 0 spiro atoms. The zero-order chi connectivity index (χ0) is 14.9. The molecule has 0 radical (unpaired) electrons. The predicted molar refractivity (Wildman–Crippen MR) is 82.3 cm³/mol. The number of phenolic OH excluding ortho intramolecular Hbond substituents is 1. The highest BCUT2D eigenvalue weighted by molar-refractivity contribution is 7.96. The molecule has 0 saturated carbocycles. The number of nitrogens with one attached hydrogen (secondary N) is 1. The number of aromatic hydroxyl groups is 1. The van der Waals surface area contributed by atoms with E-state index in [-0.39, 0.29) is 10.7 Å². The van der Waals surface area contributed by atoms with Gasteiger partial charge >= 0.3 is 0 Å². The summed E-state index contributed by atoms with van der Waals surface area (Å²) in [6, 6.07) is 8.78. The van der Waals surface area contributed by atoms with Crippen molar-refractivity contribution in [2.45, 2.75) is 20.8 Å². The fourth-order valence-electron chi connectivity index (χ4n) is 1.96. The number of aryl methyl sites for hydroxylation is 1. The Balaban J connectivity index is 2.65. The summed E-state index contributed by atoms with van der Waals surface area (Å²) in [5.41, 5.74) is 1.09. The van der Waals surface area contributed by atoms with Crippen molar-refractivity contribution in [1.82, 2.24) is 0 Å². The van der Waals surface area contributed by atoms with Gasteiger partial charge in [0.2, 0.25) is 0 Å². The van der Waals surface area contributed by atoms with Gasteiger partial charge < -0.3 is 5.11 Å². The second kappa shape index (κ2) is 5.17. The Morgan fingerprint density at radius 3 is 2.45 bits per heavy atom. The quantitative estimate of drug-likeness (QED) is 0.850. The van der Waals surface area contributed by atoms with Crippen LogP contribution in [0.1, 0.15) is 19.4 Å². The highest BCUT2D eigenvalue weighted by Gasteiger charge is 2.16. The van der Waals surface area contributed by atoms with Crippen LogP contribution in [0.4, 0.5) is 5.69 Å².